The van der Waals surface area contributed by atoms with Crippen molar-refractivity contribution in [2.75, 3.05) is 26.1 Å². The molecule has 0 fully saturated rings. The Labute approximate surface area is 195 Å². The zero-order chi connectivity index (χ0) is 24.1. The summed E-state index contributed by atoms with van der Waals surface area (Å²) in [6.07, 6.45) is 6.21. The summed E-state index contributed by atoms with van der Waals surface area (Å²) in [6.45, 7) is 2.36. The number of anilines is 1. The number of aryl methyl sites for hydroxylation is 1. The van der Waals surface area contributed by atoms with Crippen molar-refractivity contribution in [3.8, 4) is 28.9 Å². The molecule has 176 valence electrons. The van der Waals surface area contributed by atoms with Crippen LogP contribution in [0, 0.1) is 0 Å². The number of pyridine rings is 1. The van der Waals surface area contributed by atoms with E-state index in [4.69, 9.17) is 18.9 Å². The summed E-state index contributed by atoms with van der Waals surface area (Å²) >= 11 is 0. The molecule has 0 saturated carbocycles. The Morgan fingerprint density at radius 3 is 2.56 bits per heavy atom. The molecule has 0 saturated heterocycles. The Kier molecular flexibility index (Phi) is 6.72. The van der Waals surface area contributed by atoms with E-state index in [1.54, 1.807) is 49.4 Å². The predicted molar refractivity (Wildman–Crippen MR) is 124 cm³/mol. The molecule has 11 heteroatoms. The normalized spacial score (nSPS) is 10.7. The van der Waals surface area contributed by atoms with Crippen molar-refractivity contribution in [2.24, 2.45) is 7.05 Å². The lowest BCUT2D eigenvalue weighted by atomic mass is 10.2. The highest BCUT2D eigenvalue weighted by Gasteiger charge is 2.16. The molecule has 1 N–H and O–H groups in total. The van der Waals surface area contributed by atoms with E-state index in [1.165, 1.54) is 19.6 Å². The Morgan fingerprint density at radius 1 is 1.03 bits per heavy atom. The lowest BCUT2D eigenvalue weighted by Gasteiger charge is -2.13. The van der Waals surface area contributed by atoms with E-state index < -0.39 is 0 Å². The fourth-order valence-electron chi connectivity index (χ4n) is 3.32. The molecule has 0 bridgehead atoms. The van der Waals surface area contributed by atoms with Gasteiger partial charge in [-0.25, -0.2) is 9.97 Å². The number of hydrogen-bond acceptors (Lipinski definition) is 9. The molecule has 0 radical (unpaired) electrons. The SMILES string of the molecule is CCOc1cc2c(Oc3cnc(CC(=O)Nc4cnn(C)c4)c(OC)c3)ncnc2cc1OC. The lowest BCUT2D eigenvalue weighted by Crippen LogP contribution is -2.15. The third-order valence-electron chi connectivity index (χ3n) is 4.84. The molecule has 11 nitrogen and oxygen atoms in total. The molecule has 4 rings (SSSR count). The van der Waals surface area contributed by atoms with E-state index in [2.05, 4.69) is 25.4 Å². The van der Waals surface area contributed by atoms with Crippen LogP contribution in [0.25, 0.3) is 10.9 Å². The molecule has 1 aromatic carbocycles. The number of aromatic nitrogens is 5. The van der Waals surface area contributed by atoms with Gasteiger partial charge >= 0.3 is 0 Å². The maximum absolute atomic E-state index is 12.4. The number of ether oxygens (including phenoxy) is 4. The first-order valence-electron chi connectivity index (χ1n) is 10.5. The first-order chi connectivity index (χ1) is 16.5. The van der Waals surface area contributed by atoms with Crippen molar-refractivity contribution in [1.29, 1.82) is 0 Å². The molecule has 1 amide bonds. The minimum atomic E-state index is -0.244. The number of methoxy groups -OCH3 is 2. The summed E-state index contributed by atoms with van der Waals surface area (Å²) in [5.41, 5.74) is 1.70. The third-order valence-corrected chi connectivity index (χ3v) is 4.84. The minimum Gasteiger partial charge on any atom is -0.495 e. The number of carbonyl (C=O) groups is 1. The van der Waals surface area contributed by atoms with E-state index >= 15 is 0 Å². The summed E-state index contributed by atoms with van der Waals surface area (Å²) in [6, 6.07) is 5.19. The van der Waals surface area contributed by atoms with Gasteiger partial charge < -0.3 is 24.3 Å². The Balaban J connectivity index is 1.57. The van der Waals surface area contributed by atoms with E-state index in [9.17, 15) is 4.79 Å². The molecule has 3 heterocycles. The zero-order valence-corrected chi connectivity index (χ0v) is 19.2. The van der Waals surface area contributed by atoms with Crippen molar-refractivity contribution < 1.29 is 23.7 Å². The van der Waals surface area contributed by atoms with Crippen LogP contribution in [-0.4, -0.2) is 51.5 Å². The van der Waals surface area contributed by atoms with Crippen LogP contribution in [0.4, 0.5) is 5.69 Å². The summed E-state index contributed by atoms with van der Waals surface area (Å²) in [5.74, 6) is 2.00. The monoisotopic (exact) mass is 464 g/mol. The number of rotatable bonds is 9. The number of hydrogen-bond donors (Lipinski definition) is 1. The Hall–Kier alpha value is -4.41. The van der Waals surface area contributed by atoms with Gasteiger partial charge in [0.1, 0.15) is 12.1 Å². The highest BCUT2D eigenvalue weighted by Crippen LogP contribution is 2.36. The quantitative estimate of drug-likeness (QED) is 0.398. The van der Waals surface area contributed by atoms with Gasteiger partial charge in [0.15, 0.2) is 17.2 Å². The van der Waals surface area contributed by atoms with Gasteiger partial charge in [-0.3, -0.25) is 14.5 Å². The lowest BCUT2D eigenvalue weighted by molar-refractivity contribution is -0.115. The van der Waals surface area contributed by atoms with Crippen LogP contribution in [0.3, 0.4) is 0 Å². The number of nitrogens with one attached hydrogen (secondary N) is 1. The van der Waals surface area contributed by atoms with E-state index in [-0.39, 0.29) is 12.3 Å². The Bertz CT molecular complexity index is 1320. The van der Waals surface area contributed by atoms with Gasteiger partial charge in [-0.1, -0.05) is 0 Å². The van der Waals surface area contributed by atoms with Crippen LogP contribution in [-0.2, 0) is 18.3 Å². The molecule has 0 aliphatic heterocycles. The smallest absolute Gasteiger partial charge is 0.230 e. The van der Waals surface area contributed by atoms with Crippen LogP contribution in [0.15, 0.2) is 43.1 Å². The standard InChI is InChI=1S/C23H24N6O5/c1-5-33-21-7-16-17(8-20(21)32-4)25-13-26-23(16)34-15-6-19(31-3)18(24-11-15)9-22(30)28-14-10-27-29(2)12-14/h6-8,10-13H,5,9H2,1-4H3,(H,28,30). The molecule has 0 unspecified atom stereocenters. The van der Waals surface area contributed by atoms with Crippen LogP contribution in [0.1, 0.15) is 12.6 Å². The molecule has 0 spiro atoms. The zero-order valence-electron chi connectivity index (χ0n) is 19.2. The second-order valence-electron chi connectivity index (χ2n) is 7.18. The second kappa shape index (κ2) is 10.0. The minimum absolute atomic E-state index is 0.0201. The van der Waals surface area contributed by atoms with Crippen molar-refractivity contribution in [1.82, 2.24) is 24.7 Å². The van der Waals surface area contributed by atoms with E-state index in [0.717, 1.165) is 0 Å². The van der Waals surface area contributed by atoms with Crippen LogP contribution in [0.2, 0.25) is 0 Å². The molecule has 0 aliphatic rings. The molecule has 0 atom stereocenters. The van der Waals surface area contributed by atoms with E-state index in [1.807, 2.05) is 6.92 Å². The summed E-state index contributed by atoms with van der Waals surface area (Å²) in [4.78, 5) is 25.3. The van der Waals surface area contributed by atoms with Crippen molar-refractivity contribution in [2.45, 2.75) is 13.3 Å². The number of nitrogens with zero attached hydrogens (tertiary/aromatic N) is 5. The third kappa shape index (κ3) is 4.98. The molecule has 0 aliphatic carbocycles. The highest BCUT2D eigenvalue weighted by molar-refractivity contribution is 5.92. The van der Waals surface area contributed by atoms with Gasteiger partial charge in [-0.05, 0) is 13.0 Å². The average molecular weight is 464 g/mol. The Morgan fingerprint density at radius 2 is 1.85 bits per heavy atom. The van der Waals surface area contributed by atoms with Gasteiger partial charge in [0.25, 0.3) is 0 Å². The second-order valence-corrected chi connectivity index (χ2v) is 7.18. The van der Waals surface area contributed by atoms with Gasteiger partial charge in [0.2, 0.25) is 11.8 Å². The van der Waals surface area contributed by atoms with Crippen LogP contribution in [0.5, 0.6) is 28.9 Å². The fourth-order valence-corrected chi connectivity index (χ4v) is 3.32. The molecule has 3 aromatic heterocycles. The summed E-state index contributed by atoms with van der Waals surface area (Å²) in [7, 11) is 4.84. The van der Waals surface area contributed by atoms with Crippen molar-refractivity contribution in [3.05, 3.63) is 48.8 Å². The average Bonchev–Trinajstić information content (AvgIpc) is 3.24. The van der Waals surface area contributed by atoms with E-state index in [0.29, 0.717) is 57.8 Å². The van der Waals surface area contributed by atoms with Gasteiger partial charge in [-0.15, -0.1) is 0 Å². The predicted octanol–water partition coefficient (Wildman–Crippen LogP) is 3.15. The van der Waals surface area contributed by atoms with Crippen molar-refractivity contribution >= 4 is 22.5 Å². The summed E-state index contributed by atoms with van der Waals surface area (Å²) < 4.78 is 24.1. The van der Waals surface area contributed by atoms with Crippen LogP contribution < -0.4 is 24.3 Å². The molecule has 4 aromatic rings. The maximum Gasteiger partial charge on any atom is 0.230 e. The summed E-state index contributed by atoms with van der Waals surface area (Å²) in [5, 5.41) is 7.45. The largest absolute Gasteiger partial charge is 0.495 e. The highest BCUT2D eigenvalue weighted by atomic mass is 16.5. The number of amides is 1. The van der Waals surface area contributed by atoms with Gasteiger partial charge in [0.05, 0.1) is 61.9 Å². The number of benzene rings is 1. The maximum atomic E-state index is 12.4. The molecule has 34 heavy (non-hydrogen) atoms. The van der Waals surface area contributed by atoms with Crippen LogP contribution >= 0.6 is 0 Å². The number of carbonyl (C=O) groups excluding carboxylic acids is 1. The molecular formula is C23H24N6O5. The van der Waals surface area contributed by atoms with Crippen molar-refractivity contribution in [3.63, 3.8) is 0 Å². The topological polar surface area (TPSA) is 123 Å². The first kappa shape index (κ1) is 22.8. The van der Waals surface area contributed by atoms with Gasteiger partial charge in [-0.2, -0.15) is 5.10 Å². The molecular weight excluding hydrogens is 440 g/mol. The number of fused-ring (bicyclic) bond motifs is 1. The van der Waals surface area contributed by atoms with Gasteiger partial charge in [0, 0.05) is 25.4 Å². The first-order valence-corrected chi connectivity index (χ1v) is 10.5. The fraction of sp³-hybridized carbons (Fsp3) is 0.261.